The monoisotopic (exact) mass is 540 g/mol. The fourth-order valence-electron chi connectivity index (χ4n) is 5.27. The minimum absolute atomic E-state index is 0.0335. The molecule has 0 spiro atoms. The standard InChI is InChI=1S/C33H36N2O3S/c1-4-37-30-20-25(17-18-29(30)38-22-26-13-10-11-23(2)19-26)21-31-32(36)35(28-16-9-8-12-24(28)3)33(39-31)34-27-14-6-5-7-15-27/h5-7,10-11,13-15,17-21,24,28H,4,8-9,12,16,22H2,1-3H3/b31-21-,34-33?/t24-,28+/m1/s1. The first-order valence-corrected chi connectivity index (χ1v) is 14.7. The van der Waals surface area contributed by atoms with Gasteiger partial charge in [0.25, 0.3) is 5.91 Å². The number of thioether (sulfide) groups is 1. The van der Waals surface area contributed by atoms with Crippen molar-refractivity contribution in [2.24, 2.45) is 10.9 Å². The van der Waals surface area contributed by atoms with Gasteiger partial charge >= 0.3 is 0 Å². The van der Waals surface area contributed by atoms with E-state index in [0.717, 1.165) is 41.2 Å². The molecule has 3 aromatic carbocycles. The van der Waals surface area contributed by atoms with Crippen LogP contribution in [-0.4, -0.2) is 28.6 Å². The number of amidine groups is 1. The van der Waals surface area contributed by atoms with Gasteiger partial charge in [0.1, 0.15) is 6.61 Å². The van der Waals surface area contributed by atoms with Crippen molar-refractivity contribution in [3.05, 3.63) is 94.4 Å². The van der Waals surface area contributed by atoms with Crippen molar-refractivity contribution in [1.82, 2.24) is 4.90 Å². The molecule has 1 aliphatic heterocycles. The number of nitrogens with zero attached hydrogens (tertiary/aromatic N) is 2. The molecule has 3 aromatic rings. The molecule has 5 nitrogen and oxygen atoms in total. The second kappa shape index (κ2) is 12.6. The number of amides is 1. The van der Waals surface area contributed by atoms with E-state index in [0.29, 0.717) is 35.5 Å². The Hall–Kier alpha value is -3.51. The summed E-state index contributed by atoms with van der Waals surface area (Å²) >= 11 is 1.46. The Morgan fingerprint density at radius 2 is 1.79 bits per heavy atom. The summed E-state index contributed by atoms with van der Waals surface area (Å²) < 4.78 is 12.1. The van der Waals surface area contributed by atoms with Gasteiger partial charge in [-0.2, -0.15) is 0 Å². The average Bonchev–Trinajstić information content (AvgIpc) is 3.23. The number of ether oxygens (including phenoxy) is 2. The first-order chi connectivity index (χ1) is 19.0. The second-order valence-corrected chi connectivity index (χ2v) is 11.3. The minimum Gasteiger partial charge on any atom is -0.490 e. The highest BCUT2D eigenvalue weighted by Crippen LogP contribution is 2.40. The molecule has 1 heterocycles. The van der Waals surface area contributed by atoms with Crippen LogP contribution in [0.3, 0.4) is 0 Å². The van der Waals surface area contributed by atoms with Crippen LogP contribution >= 0.6 is 11.8 Å². The van der Waals surface area contributed by atoms with Crippen LogP contribution < -0.4 is 9.47 Å². The molecule has 6 heteroatoms. The van der Waals surface area contributed by atoms with Gasteiger partial charge in [-0.15, -0.1) is 0 Å². The van der Waals surface area contributed by atoms with Crippen molar-refractivity contribution in [3.8, 4) is 11.5 Å². The van der Waals surface area contributed by atoms with Gasteiger partial charge in [-0.05, 0) is 85.8 Å². The number of carbonyl (C=O) groups is 1. The van der Waals surface area contributed by atoms with E-state index in [1.807, 2.05) is 72.5 Å². The zero-order chi connectivity index (χ0) is 27.2. The van der Waals surface area contributed by atoms with Gasteiger partial charge in [-0.3, -0.25) is 9.69 Å². The van der Waals surface area contributed by atoms with Gasteiger partial charge in [0.05, 0.1) is 17.2 Å². The van der Waals surface area contributed by atoms with Crippen LogP contribution in [0.4, 0.5) is 5.69 Å². The van der Waals surface area contributed by atoms with Crippen molar-refractivity contribution >= 4 is 34.6 Å². The second-order valence-electron chi connectivity index (χ2n) is 10.3. The molecule has 1 saturated carbocycles. The maximum absolute atomic E-state index is 13.8. The lowest BCUT2D eigenvalue weighted by Gasteiger charge is -2.35. The molecular formula is C33H36N2O3S. The van der Waals surface area contributed by atoms with E-state index in [9.17, 15) is 4.79 Å². The number of aliphatic imine (C=N–C) groups is 1. The average molecular weight is 541 g/mol. The van der Waals surface area contributed by atoms with E-state index >= 15 is 0 Å². The van der Waals surface area contributed by atoms with Gasteiger partial charge < -0.3 is 9.47 Å². The van der Waals surface area contributed by atoms with Crippen LogP contribution in [0, 0.1) is 12.8 Å². The van der Waals surface area contributed by atoms with Crippen LogP contribution in [0.2, 0.25) is 0 Å². The minimum atomic E-state index is 0.0335. The number of rotatable bonds is 8. The largest absolute Gasteiger partial charge is 0.490 e. The molecule has 0 bridgehead atoms. The van der Waals surface area contributed by atoms with E-state index in [4.69, 9.17) is 14.5 Å². The maximum Gasteiger partial charge on any atom is 0.267 e. The van der Waals surface area contributed by atoms with Crippen LogP contribution in [0.25, 0.3) is 6.08 Å². The molecular weight excluding hydrogens is 504 g/mol. The van der Waals surface area contributed by atoms with Crippen molar-refractivity contribution in [2.45, 2.75) is 59.1 Å². The lowest BCUT2D eigenvalue weighted by Crippen LogP contribution is -2.44. The van der Waals surface area contributed by atoms with Crippen LogP contribution in [0.15, 0.2) is 82.7 Å². The van der Waals surface area contributed by atoms with E-state index in [1.54, 1.807) is 0 Å². The Morgan fingerprint density at radius 1 is 0.974 bits per heavy atom. The third kappa shape index (κ3) is 6.56. The highest BCUT2D eigenvalue weighted by atomic mass is 32.2. The summed E-state index contributed by atoms with van der Waals surface area (Å²) in [4.78, 5) is 21.4. The Kier molecular flexibility index (Phi) is 8.72. The van der Waals surface area contributed by atoms with Crippen molar-refractivity contribution in [3.63, 3.8) is 0 Å². The summed E-state index contributed by atoms with van der Waals surface area (Å²) in [6, 6.07) is 24.2. The lowest BCUT2D eigenvalue weighted by atomic mass is 9.85. The summed E-state index contributed by atoms with van der Waals surface area (Å²) in [6.45, 7) is 7.28. The first kappa shape index (κ1) is 27.1. The maximum atomic E-state index is 13.8. The quantitative estimate of drug-likeness (QED) is 0.271. The predicted molar refractivity (Wildman–Crippen MR) is 160 cm³/mol. The van der Waals surface area contributed by atoms with Gasteiger partial charge in [0, 0.05) is 6.04 Å². The topological polar surface area (TPSA) is 51.1 Å². The predicted octanol–water partition coefficient (Wildman–Crippen LogP) is 8.16. The Labute approximate surface area is 235 Å². The molecule has 2 atom stereocenters. The molecule has 2 aliphatic rings. The Morgan fingerprint density at radius 3 is 2.56 bits per heavy atom. The molecule has 39 heavy (non-hydrogen) atoms. The van der Waals surface area contributed by atoms with E-state index in [-0.39, 0.29) is 11.9 Å². The van der Waals surface area contributed by atoms with Gasteiger partial charge in [0.2, 0.25) is 0 Å². The SMILES string of the molecule is CCOc1cc(/C=C2\SC(=Nc3ccccc3)N([C@H]3CCCC[C@H]3C)C2=O)ccc1OCc1cccc(C)c1. The first-order valence-electron chi connectivity index (χ1n) is 13.8. The number of hydrogen-bond donors (Lipinski definition) is 0. The number of benzene rings is 3. The molecule has 2 fully saturated rings. The summed E-state index contributed by atoms with van der Waals surface area (Å²) in [7, 11) is 0. The van der Waals surface area contributed by atoms with Crippen LogP contribution in [0.5, 0.6) is 11.5 Å². The van der Waals surface area contributed by atoms with Crippen molar-refractivity contribution in [2.75, 3.05) is 6.61 Å². The molecule has 0 aromatic heterocycles. The number of carbonyl (C=O) groups excluding carboxylic acids is 1. The number of aryl methyl sites for hydroxylation is 1. The van der Waals surface area contributed by atoms with Crippen molar-refractivity contribution in [1.29, 1.82) is 0 Å². The highest BCUT2D eigenvalue weighted by Gasteiger charge is 2.41. The van der Waals surface area contributed by atoms with E-state index in [2.05, 4.69) is 32.0 Å². The Bertz CT molecular complexity index is 1370. The zero-order valence-electron chi connectivity index (χ0n) is 22.9. The van der Waals surface area contributed by atoms with Crippen LogP contribution in [-0.2, 0) is 11.4 Å². The zero-order valence-corrected chi connectivity index (χ0v) is 23.7. The molecule has 1 saturated heterocycles. The van der Waals surface area contributed by atoms with Gasteiger partial charge in [-0.25, -0.2) is 4.99 Å². The molecule has 1 amide bonds. The number of hydrogen-bond acceptors (Lipinski definition) is 5. The summed E-state index contributed by atoms with van der Waals surface area (Å²) in [5, 5.41) is 0.763. The van der Waals surface area contributed by atoms with Crippen molar-refractivity contribution < 1.29 is 14.3 Å². The highest BCUT2D eigenvalue weighted by molar-refractivity contribution is 8.18. The molecule has 0 radical (unpaired) electrons. The normalized spacial score (nSPS) is 21.5. The summed E-state index contributed by atoms with van der Waals surface area (Å²) in [5.74, 6) is 1.84. The molecule has 1 aliphatic carbocycles. The molecule has 5 rings (SSSR count). The third-order valence-electron chi connectivity index (χ3n) is 7.26. The summed E-state index contributed by atoms with van der Waals surface area (Å²) in [6.07, 6.45) is 6.46. The lowest BCUT2D eigenvalue weighted by molar-refractivity contribution is -0.124. The fourth-order valence-corrected chi connectivity index (χ4v) is 6.31. The molecule has 0 unspecified atom stereocenters. The summed E-state index contributed by atoms with van der Waals surface area (Å²) in [5.41, 5.74) is 4.07. The van der Waals surface area contributed by atoms with E-state index in [1.165, 1.54) is 23.7 Å². The van der Waals surface area contributed by atoms with E-state index < -0.39 is 0 Å². The fraction of sp³-hybridized carbons (Fsp3) is 0.333. The number of para-hydroxylation sites is 1. The van der Waals surface area contributed by atoms with Gasteiger partial charge in [0.15, 0.2) is 16.7 Å². The molecule has 0 N–H and O–H groups in total. The molecule has 202 valence electrons. The van der Waals surface area contributed by atoms with Crippen LogP contribution in [0.1, 0.15) is 56.2 Å². The Balaban J connectivity index is 1.42. The third-order valence-corrected chi connectivity index (χ3v) is 8.24. The smallest absolute Gasteiger partial charge is 0.267 e. The van der Waals surface area contributed by atoms with Gasteiger partial charge in [-0.1, -0.05) is 73.9 Å².